The summed E-state index contributed by atoms with van der Waals surface area (Å²) in [6.45, 7) is 2.20. The molecule has 3 heteroatoms. The van der Waals surface area contributed by atoms with E-state index in [0.717, 1.165) is 12.0 Å². The molecule has 14 heavy (non-hydrogen) atoms. The van der Waals surface area contributed by atoms with Gasteiger partial charge in [0, 0.05) is 7.11 Å². The molecule has 0 bridgehead atoms. The maximum atomic E-state index is 5.64. The summed E-state index contributed by atoms with van der Waals surface area (Å²) in [4.78, 5) is 0. The summed E-state index contributed by atoms with van der Waals surface area (Å²) in [7, 11) is 0.404. The van der Waals surface area contributed by atoms with Gasteiger partial charge >= 0.3 is 9.28 Å². The van der Waals surface area contributed by atoms with E-state index in [1.165, 1.54) is 32.1 Å². The van der Waals surface area contributed by atoms with Gasteiger partial charge in [-0.25, -0.2) is 0 Å². The largest absolute Gasteiger partial charge is 0.529 e. The first-order chi connectivity index (χ1) is 6.86. The molecule has 1 atom stereocenters. The van der Waals surface area contributed by atoms with Gasteiger partial charge in [0.2, 0.25) is 0 Å². The average molecular weight is 214 g/mol. The van der Waals surface area contributed by atoms with E-state index in [-0.39, 0.29) is 0 Å². The molecule has 82 valence electrons. The zero-order chi connectivity index (χ0) is 10.2. The molecule has 1 saturated carbocycles. The van der Waals surface area contributed by atoms with Crippen LogP contribution in [0.4, 0.5) is 0 Å². The molecule has 1 rings (SSSR count). The lowest BCUT2D eigenvalue weighted by molar-refractivity contribution is 0.298. The second-order valence-electron chi connectivity index (χ2n) is 3.96. The molecule has 0 saturated heterocycles. The Kier molecular flexibility index (Phi) is 5.95. The second-order valence-corrected chi connectivity index (χ2v) is 6.14. The van der Waals surface area contributed by atoms with E-state index in [9.17, 15) is 0 Å². The fourth-order valence-corrected chi connectivity index (χ4v) is 2.98. The smallest absolute Gasteiger partial charge is 0.381 e. The quantitative estimate of drug-likeness (QED) is 0.479. The third kappa shape index (κ3) is 4.29. The van der Waals surface area contributed by atoms with Gasteiger partial charge in [-0.15, -0.1) is 0 Å². The molecule has 1 aliphatic rings. The summed E-state index contributed by atoms with van der Waals surface area (Å²) in [6, 6.07) is 1.13. The molecular formula is C11H22O2Si. The van der Waals surface area contributed by atoms with Crippen molar-refractivity contribution in [3.63, 3.8) is 0 Å². The zero-order valence-electron chi connectivity index (χ0n) is 9.37. The molecule has 0 aromatic heterocycles. The summed E-state index contributed by atoms with van der Waals surface area (Å²) in [5, 5.41) is 0. The number of hydrogen-bond acceptors (Lipinski definition) is 2. The van der Waals surface area contributed by atoms with Crippen molar-refractivity contribution >= 4 is 9.28 Å². The van der Waals surface area contributed by atoms with Crippen LogP contribution in [0, 0.1) is 5.92 Å². The van der Waals surface area contributed by atoms with Crippen LogP contribution in [0.3, 0.4) is 0 Å². The van der Waals surface area contributed by atoms with Crippen LogP contribution in [0.1, 0.15) is 39.0 Å². The van der Waals surface area contributed by atoms with Crippen LogP contribution in [0.5, 0.6) is 0 Å². The van der Waals surface area contributed by atoms with Crippen molar-refractivity contribution in [2.75, 3.05) is 7.11 Å². The van der Waals surface area contributed by atoms with Crippen LogP contribution in [0.2, 0.25) is 6.04 Å². The van der Waals surface area contributed by atoms with E-state index in [1.807, 2.05) is 6.26 Å². The Balaban J connectivity index is 2.08. The lowest BCUT2D eigenvalue weighted by Gasteiger charge is -2.21. The predicted molar refractivity (Wildman–Crippen MR) is 61.4 cm³/mol. The molecule has 0 amide bonds. The Labute approximate surface area is 89.1 Å². The van der Waals surface area contributed by atoms with Crippen LogP contribution < -0.4 is 0 Å². The topological polar surface area (TPSA) is 18.5 Å². The van der Waals surface area contributed by atoms with Crippen molar-refractivity contribution in [2.45, 2.75) is 45.1 Å². The van der Waals surface area contributed by atoms with Gasteiger partial charge in [0.15, 0.2) is 0 Å². The van der Waals surface area contributed by atoms with Gasteiger partial charge in [-0.1, -0.05) is 26.2 Å². The third-order valence-electron chi connectivity index (χ3n) is 2.79. The highest BCUT2D eigenvalue weighted by Crippen LogP contribution is 2.27. The van der Waals surface area contributed by atoms with Crippen molar-refractivity contribution in [2.24, 2.45) is 5.92 Å². The van der Waals surface area contributed by atoms with E-state index in [4.69, 9.17) is 8.85 Å². The number of allylic oxidation sites excluding steroid dienone is 1. The SMILES string of the molecule is CCCC[SiH](OC)OC=CC1CCC1. The third-order valence-corrected chi connectivity index (χ3v) is 4.65. The van der Waals surface area contributed by atoms with Gasteiger partial charge in [-0.05, 0) is 30.9 Å². The Bertz CT molecular complexity index is 167. The maximum Gasteiger partial charge on any atom is 0.381 e. The van der Waals surface area contributed by atoms with Crippen molar-refractivity contribution in [1.82, 2.24) is 0 Å². The van der Waals surface area contributed by atoms with Crippen molar-refractivity contribution in [1.29, 1.82) is 0 Å². The Morgan fingerprint density at radius 2 is 2.21 bits per heavy atom. The highest BCUT2D eigenvalue weighted by molar-refractivity contribution is 6.44. The molecule has 2 nitrogen and oxygen atoms in total. The fraction of sp³-hybridized carbons (Fsp3) is 0.818. The molecule has 1 fully saturated rings. The molecule has 1 aliphatic carbocycles. The summed E-state index contributed by atoms with van der Waals surface area (Å²) in [5.41, 5.74) is 0. The minimum Gasteiger partial charge on any atom is -0.529 e. The monoisotopic (exact) mass is 214 g/mol. The molecule has 0 N–H and O–H groups in total. The molecule has 0 heterocycles. The van der Waals surface area contributed by atoms with Gasteiger partial charge in [-0.3, -0.25) is 0 Å². The van der Waals surface area contributed by atoms with Crippen LogP contribution >= 0.6 is 0 Å². The predicted octanol–water partition coefficient (Wildman–Crippen LogP) is 2.98. The van der Waals surface area contributed by atoms with E-state index >= 15 is 0 Å². The first kappa shape index (κ1) is 11.8. The van der Waals surface area contributed by atoms with Gasteiger partial charge in [0.1, 0.15) is 0 Å². The second kappa shape index (κ2) is 7.07. The van der Waals surface area contributed by atoms with E-state index in [1.54, 1.807) is 7.11 Å². The molecule has 0 aromatic carbocycles. The van der Waals surface area contributed by atoms with Crippen LogP contribution in [-0.4, -0.2) is 16.4 Å². The lowest BCUT2D eigenvalue weighted by atomic mass is 9.86. The van der Waals surface area contributed by atoms with Crippen molar-refractivity contribution < 1.29 is 8.85 Å². The fourth-order valence-electron chi connectivity index (χ4n) is 1.49. The molecule has 0 aromatic rings. The van der Waals surface area contributed by atoms with Gasteiger partial charge in [-0.2, -0.15) is 0 Å². The first-order valence-electron chi connectivity index (χ1n) is 5.71. The minimum absolute atomic E-state index is 0.785. The highest BCUT2D eigenvalue weighted by Gasteiger charge is 2.14. The first-order valence-corrected chi connectivity index (χ1v) is 7.47. The van der Waals surface area contributed by atoms with Crippen molar-refractivity contribution in [3.8, 4) is 0 Å². The van der Waals surface area contributed by atoms with Gasteiger partial charge < -0.3 is 8.85 Å². The number of rotatable bonds is 7. The van der Waals surface area contributed by atoms with Crippen LogP contribution in [0.15, 0.2) is 12.3 Å². The van der Waals surface area contributed by atoms with Crippen molar-refractivity contribution in [3.05, 3.63) is 12.3 Å². The Morgan fingerprint density at radius 1 is 1.43 bits per heavy atom. The molecule has 0 aliphatic heterocycles. The van der Waals surface area contributed by atoms with E-state index in [0.29, 0.717) is 0 Å². The highest BCUT2D eigenvalue weighted by atomic mass is 28.3. The summed E-state index contributed by atoms with van der Waals surface area (Å²) < 4.78 is 11.0. The van der Waals surface area contributed by atoms with E-state index in [2.05, 4.69) is 13.0 Å². The Hall–Kier alpha value is -0.283. The molecular weight excluding hydrogens is 192 g/mol. The minimum atomic E-state index is -1.36. The van der Waals surface area contributed by atoms with E-state index < -0.39 is 9.28 Å². The van der Waals surface area contributed by atoms with Gasteiger partial charge in [0.05, 0.1) is 6.26 Å². The normalized spacial score (nSPS) is 19.6. The summed E-state index contributed by atoms with van der Waals surface area (Å²) >= 11 is 0. The average Bonchev–Trinajstić information content (AvgIpc) is 2.14. The van der Waals surface area contributed by atoms with Gasteiger partial charge in [0.25, 0.3) is 0 Å². The molecule has 1 unspecified atom stereocenters. The number of unbranched alkanes of at least 4 members (excludes halogenated alkanes) is 1. The lowest BCUT2D eigenvalue weighted by Crippen LogP contribution is -2.18. The zero-order valence-corrected chi connectivity index (χ0v) is 10.5. The molecule has 0 radical (unpaired) electrons. The Morgan fingerprint density at radius 3 is 2.71 bits per heavy atom. The number of hydrogen-bond donors (Lipinski definition) is 0. The molecule has 0 spiro atoms. The summed E-state index contributed by atoms with van der Waals surface area (Å²) in [5.74, 6) is 0.785. The standard InChI is InChI=1S/C11H22O2Si/c1-3-4-10-14(12-2)13-9-8-11-6-5-7-11/h8-9,11,14H,3-7,10H2,1-2H3. The maximum absolute atomic E-state index is 5.64. The summed E-state index contributed by atoms with van der Waals surface area (Å²) in [6.07, 6.45) is 10.6. The van der Waals surface area contributed by atoms with Crippen LogP contribution in [0.25, 0.3) is 0 Å². The van der Waals surface area contributed by atoms with Crippen LogP contribution in [-0.2, 0) is 8.85 Å².